The number of hydrogen-bond donors (Lipinski definition) is 1. The zero-order valence-electron chi connectivity index (χ0n) is 18.6. The van der Waals surface area contributed by atoms with Crippen LogP contribution in [0.15, 0.2) is 60.9 Å². The van der Waals surface area contributed by atoms with Gasteiger partial charge in [0.05, 0.1) is 18.4 Å². The molecule has 0 saturated carbocycles. The molecule has 1 saturated heterocycles. The molecule has 1 fully saturated rings. The Morgan fingerprint density at radius 3 is 2.56 bits per heavy atom. The molecule has 6 heteroatoms. The highest BCUT2D eigenvalue weighted by Gasteiger charge is 2.35. The third-order valence-electron chi connectivity index (χ3n) is 5.40. The summed E-state index contributed by atoms with van der Waals surface area (Å²) in [5.74, 6) is -0.0985. The van der Waals surface area contributed by atoms with Crippen LogP contribution in [-0.2, 0) is 14.3 Å². The number of nitrogens with one attached hydrogen (secondary N) is 1. The van der Waals surface area contributed by atoms with Crippen molar-refractivity contribution in [3.8, 4) is 16.9 Å². The highest BCUT2D eigenvalue weighted by Crippen LogP contribution is 2.27. The Labute approximate surface area is 187 Å². The molecule has 166 valence electrons. The quantitative estimate of drug-likeness (QED) is 0.580. The fraction of sp³-hybridized carbons (Fsp3) is 0.346. The fourth-order valence-electron chi connectivity index (χ4n) is 3.90. The first-order chi connectivity index (χ1) is 15.3. The van der Waals surface area contributed by atoms with Crippen LogP contribution in [0.4, 0.5) is 0 Å². The molecule has 1 N–H and O–H groups in total. The fourth-order valence-corrected chi connectivity index (χ4v) is 3.90. The number of aromatic nitrogens is 1. The number of rotatable bonds is 6. The Hall–Kier alpha value is -3.41. The topological polar surface area (TPSA) is 77.5 Å². The van der Waals surface area contributed by atoms with Gasteiger partial charge in [-0.15, -0.1) is 0 Å². The van der Waals surface area contributed by atoms with Gasteiger partial charge in [-0.3, -0.25) is 14.6 Å². The zero-order valence-corrected chi connectivity index (χ0v) is 18.6. The zero-order chi connectivity index (χ0) is 22.7. The van der Waals surface area contributed by atoms with Gasteiger partial charge in [-0.05, 0) is 68.0 Å². The Bertz CT molecular complexity index is 1120. The second-order valence-electron chi connectivity index (χ2n) is 9.20. The molecular formula is C26H28N2O4. The molecule has 4 rings (SSSR count). The first kappa shape index (κ1) is 21.8. The maximum absolute atomic E-state index is 12.2. The highest BCUT2D eigenvalue weighted by molar-refractivity contribution is 5.87. The summed E-state index contributed by atoms with van der Waals surface area (Å²) in [6.07, 6.45) is 4.30. The van der Waals surface area contributed by atoms with E-state index in [9.17, 15) is 9.59 Å². The van der Waals surface area contributed by atoms with Crippen LogP contribution in [0, 0.1) is 5.92 Å². The molecule has 0 spiro atoms. The molecule has 1 aliphatic rings. The van der Waals surface area contributed by atoms with Crippen LogP contribution in [0.5, 0.6) is 5.75 Å². The van der Waals surface area contributed by atoms with Gasteiger partial charge >= 0.3 is 5.97 Å². The normalized spacial score (nSPS) is 18.4. The first-order valence-corrected chi connectivity index (χ1v) is 10.9. The summed E-state index contributed by atoms with van der Waals surface area (Å²) in [4.78, 5) is 28.4. The molecule has 0 aliphatic carbocycles. The molecule has 1 amide bonds. The van der Waals surface area contributed by atoms with Crippen molar-refractivity contribution in [1.82, 2.24) is 10.3 Å². The van der Waals surface area contributed by atoms with Crippen molar-refractivity contribution in [3.05, 3.63) is 60.9 Å². The summed E-state index contributed by atoms with van der Waals surface area (Å²) in [5, 5.41) is 5.18. The lowest BCUT2D eigenvalue weighted by molar-refractivity contribution is -0.156. The van der Waals surface area contributed by atoms with Crippen molar-refractivity contribution < 1.29 is 19.1 Å². The third-order valence-corrected chi connectivity index (χ3v) is 5.40. The van der Waals surface area contributed by atoms with Crippen molar-refractivity contribution in [2.24, 2.45) is 5.92 Å². The average Bonchev–Trinajstić information content (AvgIpc) is 3.10. The number of carbonyl (C=O) groups excluding carboxylic acids is 2. The summed E-state index contributed by atoms with van der Waals surface area (Å²) in [6, 6.07) is 16.1. The van der Waals surface area contributed by atoms with E-state index in [0.717, 1.165) is 27.6 Å². The van der Waals surface area contributed by atoms with E-state index in [1.54, 1.807) is 6.20 Å². The Morgan fingerprint density at radius 2 is 1.81 bits per heavy atom. The van der Waals surface area contributed by atoms with Crippen molar-refractivity contribution in [2.75, 3.05) is 6.61 Å². The number of nitrogens with zero attached hydrogens (tertiary/aromatic N) is 1. The second kappa shape index (κ2) is 8.99. The number of carbonyl (C=O) groups is 2. The molecule has 2 heterocycles. The minimum Gasteiger partial charge on any atom is -0.491 e. The molecule has 6 nitrogen and oxygen atoms in total. The number of benzene rings is 2. The highest BCUT2D eigenvalue weighted by atomic mass is 16.6. The summed E-state index contributed by atoms with van der Waals surface area (Å²) in [6.45, 7) is 5.82. The summed E-state index contributed by atoms with van der Waals surface area (Å²) in [5.41, 5.74) is 1.68. The van der Waals surface area contributed by atoms with Crippen LogP contribution < -0.4 is 10.1 Å². The Balaban J connectivity index is 1.31. The van der Waals surface area contributed by atoms with E-state index in [4.69, 9.17) is 9.47 Å². The number of hydrogen-bond acceptors (Lipinski definition) is 5. The lowest BCUT2D eigenvalue weighted by Gasteiger charge is -2.20. The lowest BCUT2D eigenvalue weighted by atomic mass is 10.0. The monoisotopic (exact) mass is 432 g/mol. The van der Waals surface area contributed by atoms with Crippen molar-refractivity contribution in [3.63, 3.8) is 0 Å². The van der Waals surface area contributed by atoms with Gasteiger partial charge in [0.25, 0.3) is 0 Å². The van der Waals surface area contributed by atoms with Crippen molar-refractivity contribution >= 4 is 22.6 Å². The molecule has 0 unspecified atom stereocenters. The second-order valence-corrected chi connectivity index (χ2v) is 9.20. The van der Waals surface area contributed by atoms with E-state index in [-0.39, 0.29) is 30.3 Å². The predicted octanol–water partition coefficient (Wildman–Crippen LogP) is 4.52. The number of fused-ring (bicyclic) bond motifs is 1. The minimum absolute atomic E-state index is 0.0934. The van der Waals surface area contributed by atoms with Gasteiger partial charge in [0.15, 0.2) is 0 Å². The standard InChI is InChI=1S/C26H28N2O4/c1-26(2,3)32-24(29)14-21-13-22(28-25(21)30)16-31-23-8-6-17(7-9-23)18-4-5-20-15-27-11-10-19(20)12-18/h4-12,15,21-22H,13-14,16H2,1-3H3,(H,28,30)/t21-,22-/m0/s1. The van der Waals surface area contributed by atoms with Crippen LogP contribution >= 0.6 is 0 Å². The van der Waals surface area contributed by atoms with E-state index in [1.165, 1.54) is 0 Å². The number of esters is 1. The minimum atomic E-state index is -0.551. The van der Waals surface area contributed by atoms with Gasteiger partial charge in [0.2, 0.25) is 5.91 Å². The lowest BCUT2D eigenvalue weighted by Crippen LogP contribution is -2.31. The smallest absolute Gasteiger partial charge is 0.307 e. The van der Waals surface area contributed by atoms with Gasteiger partial charge in [-0.1, -0.05) is 24.3 Å². The molecule has 2 aromatic carbocycles. The van der Waals surface area contributed by atoms with Crippen LogP contribution in [0.25, 0.3) is 21.9 Å². The average molecular weight is 433 g/mol. The van der Waals surface area contributed by atoms with Crippen molar-refractivity contribution in [2.45, 2.75) is 45.3 Å². The summed E-state index contributed by atoms with van der Waals surface area (Å²) < 4.78 is 11.2. The maximum Gasteiger partial charge on any atom is 0.307 e. The molecular weight excluding hydrogens is 404 g/mol. The molecule has 2 atom stereocenters. The summed E-state index contributed by atoms with van der Waals surface area (Å²) in [7, 11) is 0. The summed E-state index contributed by atoms with van der Waals surface area (Å²) >= 11 is 0. The van der Waals surface area contributed by atoms with E-state index in [0.29, 0.717) is 13.0 Å². The van der Waals surface area contributed by atoms with E-state index in [1.807, 2.05) is 57.3 Å². The largest absolute Gasteiger partial charge is 0.491 e. The van der Waals surface area contributed by atoms with Gasteiger partial charge in [-0.25, -0.2) is 0 Å². The van der Waals surface area contributed by atoms with Crippen LogP contribution in [-0.4, -0.2) is 35.1 Å². The van der Waals surface area contributed by atoms with Crippen LogP contribution in [0.2, 0.25) is 0 Å². The molecule has 0 bridgehead atoms. The van der Waals surface area contributed by atoms with Crippen LogP contribution in [0.3, 0.4) is 0 Å². The molecule has 1 aliphatic heterocycles. The van der Waals surface area contributed by atoms with Gasteiger partial charge in [0, 0.05) is 17.8 Å². The number of pyridine rings is 1. The van der Waals surface area contributed by atoms with E-state index < -0.39 is 5.60 Å². The number of amides is 1. The van der Waals surface area contributed by atoms with Gasteiger partial charge < -0.3 is 14.8 Å². The Kier molecular flexibility index (Phi) is 6.12. The molecule has 0 radical (unpaired) electrons. The van der Waals surface area contributed by atoms with Gasteiger partial charge in [-0.2, -0.15) is 0 Å². The molecule has 32 heavy (non-hydrogen) atoms. The predicted molar refractivity (Wildman–Crippen MR) is 123 cm³/mol. The van der Waals surface area contributed by atoms with Gasteiger partial charge in [0.1, 0.15) is 18.0 Å². The molecule has 1 aromatic heterocycles. The van der Waals surface area contributed by atoms with Crippen molar-refractivity contribution in [1.29, 1.82) is 0 Å². The SMILES string of the molecule is CC(C)(C)OC(=O)C[C@@H]1C[C@@H](COc2ccc(-c3ccc4cnccc4c3)cc2)NC1=O. The maximum atomic E-state index is 12.2. The number of ether oxygens (including phenoxy) is 2. The first-order valence-electron chi connectivity index (χ1n) is 10.9. The van der Waals surface area contributed by atoms with E-state index >= 15 is 0 Å². The third kappa shape index (κ3) is 5.44. The van der Waals surface area contributed by atoms with Crippen LogP contribution in [0.1, 0.15) is 33.6 Å². The molecule has 3 aromatic rings. The van der Waals surface area contributed by atoms with E-state index in [2.05, 4.69) is 28.5 Å². The Morgan fingerprint density at radius 1 is 1.06 bits per heavy atom.